The van der Waals surface area contributed by atoms with Gasteiger partial charge in [-0.25, -0.2) is 0 Å². The summed E-state index contributed by atoms with van der Waals surface area (Å²) in [7, 11) is 0. The van der Waals surface area contributed by atoms with Crippen molar-refractivity contribution < 1.29 is 29.9 Å². The molecule has 0 aromatic heterocycles. The van der Waals surface area contributed by atoms with Crippen molar-refractivity contribution in [3.05, 3.63) is 63.7 Å². The molecule has 1 unspecified atom stereocenters. The standard InChI is InChI=1S/C22H25ClO6/c1-11-6-15-8-12(2-5-17(15)28-11)7-14-9-13(3-4-16(14)23)22-21(27)20(26)19(25)18(10-24)29-22/h2-5,8-9,11,18-22,24-27H,6-7,10H2,1H3/t11?,18-,19-,20+,21-,22+/m1/s1. The minimum atomic E-state index is -1.41. The first kappa shape index (κ1) is 20.6. The van der Waals surface area contributed by atoms with Crippen molar-refractivity contribution in [1.29, 1.82) is 0 Å². The number of benzene rings is 2. The quantitative estimate of drug-likeness (QED) is 0.601. The van der Waals surface area contributed by atoms with Gasteiger partial charge in [-0.3, -0.25) is 0 Å². The van der Waals surface area contributed by atoms with Gasteiger partial charge >= 0.3 is 0 Å². The van der Waals surface area contributed by atoms with Gasteiger partial charge in [-0.05, 0) is 47.7 Å². The number of ether oxygens (including phenoxy) is 2. The third-order valence-corrected chi connectivity index (χ3v) is 6.01. The van der Waals surface area contributed by atoms with Crippen LogP contribution in [0.1, 0.15) is 35.3 Å². The van der Waals surface area contributed by atoms with Crippen LogP contribution < -0.4 is 4.74 Å². The normalized spacial score (nSPS) is 31.4. The van der Waals surface area contributed by atoms with E-state index in [0.29, 0.717) is 17.0 Å². The van der Waals surface area contributed by atoms with Crippen molar-refractivity contribution in [1.82, 2.24) is 0 Å². The lowest BCUT2D eigenvalue weighted by molar-refractivity contribution is -0.231. The number of rotatable bonds is 4. The summed E-state index contributed by atoms with van der Waals surface area (Å²) >= 11 is 6.41. The van der Waals surface area contributed by atoms with Crippen molar-refractivity contribution in [2.45, 2.75) is 56.4 Å². The Hall–Kier alpha value is -1.67. The Kier molecular flexibility index (Phi) is 5.84. The first-order valence-corrected chi connectivity index (χ1v) is 10.1. The fourth-order valence-corrected chi connectivity index (χ4v) is 4.27. The molecule has 29 heavy (non-hydrogen) atoms. The van der Waals surface area contributed by atoms with E-state index in [1.807, 2.05) is 25.1 Å². The number of aliphatic hydroxyl groups excluding tert-OH is 4. The van der Waals surface area contributed by atoms with Crippen LogP contribution >= 0.6 is 11.6 Å². The maximum atomic E-state index is 10.4. The lowest BCUT2D eigenvalue weighted by Gasteiger charge is -2.40. The van der Waals surface area contributed by atoms with Crippen LogP contribution in [0.4, 0.5) is 0 Å². The van der Waals surface area contributed by atoms with Crippen molar-refractivity contribution in [2.75, 3.05) is 6.61 Å². The summed E-state index contributed by atoms with van der Waals surface area (Å²) in [6, 6.07) is 11.4. The summed E-state index contributed by atoms with van der Waals surface area (Å²) in [6.07, 6.45) is -4.29. The molecule has 0 bridgehead atoms. The van der Waals surface area contributed by atoms with E-state index in [2.05, 4.69) is 6.07 Å². The van der Waals surface area contributed by atoms with Gasteiger partial charge < -0.3 is 29.9 Å². The maximum absolute atomic E-state index is 10.4. The molecule has 6 atom stereocenters. The summed E-state index contributed by atoms with van der Waals surface area (Å²) in [6.45, 7) is 1.58. The molecule has 1 fully saturated rings. The molecular weight excluding hydrogens is 396 g/mol. The van der Waals surface area contributed by atoms with Crippen LogP contribution in [0.3, 0.4) is 0 Å². The molecular formula is C22H25ClO6. The fourth-order valence-electron chi connectivity index (χ4n) is 4.09. The minimum absolute atomic E-state index is 0.179. The Bertz CT molecular complexity index is 886. The first-order valence-electron chi connectivity index (χ1n) is 9.74. The molecule has 2 aromatic rings. The molecule has 0 radical (unpaired) electrons. The van der Waals surface area contributed by atoms with Crippen LogP contribution in [0.15, 0.2) is 36.4 Å². The molecule has 4 rings (SSSR count). The van der Waals surface area contributed by atoms with E-state index in [-0.39, 0.29) is 6.10 Å². The van der Waals surface area contributed by atoms with Crippen LogP contribution in [-0.2, 0) is 17.6 Å². The highest BCUT2D eigenvalue weighted by Crippen LogP contribution is 2.35. The van der Waals surface area contributed by atoms with Crippen LogP contribution in [0.5, 0.6) is 5.75 Å². The highest BCUT2D eigenvalue weighted by atomic mass is 35.5. The number of hydrogen-bond donors (Lipinski definition) is 4. The molecule has 7 heteroatoms. The maximum Gasteiger partial charge on any atom is 0.123 e. The van der Waals surface area contributed by atoms with Crippen LogP contribution in [0.2, 0.25) is 5.02 Å². The van der Waals surface area contributed by atoms with Gasteiger partial charge in [0.1, 0.15) is 42.4 Å². The van der Waals surface area contributed by atoms with Gasteiger partial charge in [0, 0.05) is 11.4 Å². The summed E-state index contributed by atoms with van der Waals surface area (Å²) in [5.74, 6) is 0.919. The van der Waals surface area contributed by atoms with Crippen molar-refractivity contribution in [3.8, 4) is 5.75 Å². The van der Waals surface area contributed by atoms with Gasteiger partial charge in [0.15, 0.2) is 0 Å². The zero-order valence-corrected chi connectivity index (χ0v) is 16.8. The molecule has 0 saturated carbocycles. The summed E-state index contributed by atoms with van der Waals surface area (Å²) in [5.41, 5.74) is 3.75. The molecule has 0 aliphatic carbocycles. The van der Waals surface area contributed by atoms with E-state index in [4.69, 9.17) is 21.1 Å². The molecule has 1 saturated heterocycles. The Morgan fingerprint density at radius 1 is 1.03 bits per heavy atom. The number of hydrogen-bond acceptors (Lipinski definition) is 6. The monoisotopic (exact) mass is 420 g/mol. The highest BCUT2D eigenvalue weighted by Gasteiger charge is 2.44. The molecule has 2 heterocycles. The Balaban J connectivity index is 1.59. The average molecular weight is 421 g/mol. The molecule has 0 spiro atoms. The van der Waals surface area contributed by atoms with Crippen LogP contribution in [-0.4, -0.2) is 57.6 Å². The lowest BCUT2D eigenvalue weighted by Crippen LogP contribution is -2.55. The van der Waals surface area contributed by atoms with E-state index in [1.165, 1.54) is 5.56 Å². The minimum Gasteiger partial charge on any atom is -0.490 e. The van der Waals surface area contributed by atoms with E-state index >= 15 is 0 Å². The van der Waals surface area contributed by atoms with Gasteiger partial charge in [0.25, 0.3) is 0 Å². The van der Waals surface area contributed by atoms with Crippen LogP contribution in [0.25, 0.3) is 0 Å². The largest absolute Gasteiger partial charge is 0.490 e. The third-order valence-electron chi connectivity index (χ3n) is 5.65. The van der Waals surface area contributed by atoms with Gasteiger partial charge in [-0.2, -0.15) is 0 Å². The van der Waals surface area contributed by atoms with Gasteiger partial charge in [-0.15, -0.1) is 0 Å². The fraction of sp³-hybridized carbons (Fsp3) is 0.455. The molecule has 156 valence electrons. The Morgan fingerprint density at radius 2 is 1.83 bits per heavy atom. The van der Waals surface area contributed by atoms with E-state index < -0.39 is 37.1 Å². The average Bonchev–Trinajstić information content (AvgIpc) is 3.07. The van der Waals surface area contributed by atoms with Gasteiger partial charge in [0.2, 0.25) is 0 Å². The third kappa shape index (κ3) is 4.01. The van der Waals surface area contributed by atoms with Gasteiger partial charge in [0.05, 0.1) is 6.61 Å². The molecule has 2 aliphatic heterocycles. The molecule has 0 amide bonds. The van der Waals surface area contributed by atoms with E-state index in [1.54, 1.807) is 12.1 Å². The molecule has 2 aromatic carbocycles. The molecule has 6 nitrogen and oxygen atoms in total. The lowest BCUT2D eigenvalue weighted by atomic mass is 9.90. The van der Waals surface area contributed by atoms with Gasteiger partial charge in [-0.1, -0.05) is 35.9 Å². The number of aliphatic hydroxyl groups is 4. The van der Waals surface area contributed by atoms with E-state index in [9.17, 15) is 20.4 Å². The topological polar surface area (TPSA) is 99.4 Å². The predicted molar refractivity (Wildman–Crippen MR) is 107 cm³/mol. The van der Waals surface area contributed by atoms with E-state index in [0.717, 1.165) is 23.3 Å². The summed E-state index contributed by atoms with van der Waals surface area (Å²) in [5, 5.41) is 40.4. The number of fused-ring (bicyclic) bond motifs is 1. The van der Waals surface area contributed by atoms with Crippen molar-refractivity contribution in [2.24, 2.45) is 0 Å². The number of halogens is 1. The predicted octanol–water partition coefficient (Wildman–Crippen LogP) is 1.77. The van der Waals surface area contributed by atoms with Crippen molar-refractivity contribution in [3.63, 3.8) is 0 Å². The zero-order valence-electron chi connectivity index (χ0n) is 16.0. The second-order valence-electron chi connectivity index (χ2n) is 7.85. The smallest absolute Gasteiger partial charge is 0.123 e. The van der Waals surface area contributed by atoms with Crippen molar-refractivity contribution >= 4 is 11.6 Å². The second kappa shape index (κ2) is 8.22. The van der Waals surface area contributed by atoms with Crippen LogP contribution in [0, 0.1) is 0 Å². The second-order valence-corrected chi connectivity index (χ2v) is 8.26. The Morgan fingerprint density at radius 3 is 2.59 bits per heavy atom. The summed E-state index contributed by atoms with van der Waals surface area (Å²) < 4.78 is 11.4. The SMILES string of the molecule is CC1Cc2cc(Cc3cc([C@@H]4O[C@H](CO)[C@@H](O)[C@H](O)[C@H]4O)ccc3Cl)ccc2O1. The highest BCUT2D eigenvalue weighted by molar-refractivity contribution is 6.31. The summed E-state index contributed by atoms with van der Waals surface area (Å²) in [4.78, 5) is 0. The molecule has 4 N–H and O–H groups in total. The Labute approximate surface area is 174 Å². The zero-order chi connectivity index (χ0) is 20.7. The molecule has 2 aliphatic rings. The first-order chi connectivity index (χ1) is 13.9.